The third-order valence-electron chi connectivity index (χ3n) is 4.22. The van der Waals surface area contributed by atoms with Crippen LogP contribution in [-0.4, -0.2) is 66.8 Å². The molecule has 5 nitrogen and oxygen atoms in total. The van der Waals surface area contributed by atoms with E-state index < -0.39 is 0 Å². The first-order valence-corrected chi connectivity index (χ1v) is 8.09. The number of benzene rings is 1. The standard InChI is InChI=1S/C18H25N3O2/c1-2-9-20-10-12-21(13-11-20)18(23)19-15-17(8-14-22)16-6-4-3-5-7-16/h1,3-7,17,22H,8-15H2,(H,19,23). The average molecular weight is 315 g/mol. The number of aliphatic hydroxyl groups is 1. The molecule has 0 spiro atoms. The van der Waals surface area contributed by atoms with Crippen molar-refractivity contribution in [3.8, 4) is 12.3 Å². The van der Waals surface area contributed by atoms with E-state index in [0.717, 1.165) is 18.7 Å². The van der Waals surface area contributed by atoms with Gasteiger partial charge in [0.25, 0.3) is 0 Å². The zero-order valence-electron chi connectivity index (χ0n) is 13.4. The third-order valence-corrected chi connectivity index (χ3v) is 4.22. The fraction of sp³-hybridized carbons (Fsp3) is 0.500. The molecular formula is C18H25N3O2. The van der Waals surface area contributed by atoms with Crippen LogP contribution in [0.25, 0.3) is 0 Å². The van der Waals surface area contributed by atoms with Gasteiger partial charge in [0.2, 0.25) is 0 Å². The molecule has 124 valence electrons. The van der Waals surface area contributed by atoms with Gasteiger partial charge in [-0.15, -0.1) is 6.42 Å². The second kappa shape index (κ2) is 9.19. The highest BCUT2D eigenvalue weighted by atomic mass is 16.3. The molecule has 0 saturated carbocycles. The predicted octanol–water partition coefficient (Wildman–Crippen LogP) is 1.11. The largest absolute Gasteiger partial charge is 0.396 e. The Morgan fingerprint density at radius 2 is 1.96 bits per heavy atom. The molecule has 23 heavy (non-hydrogen) atoms. The Morgan fingerprint density at radius 1 is 1.26 bits per heavy atom. The second-order valence-corrected chi connectivity index (χ2v) is 5.77. The number of nitrogens with zero attached hydrogens (tertiary/aromatic N) is 2. The highest BCUT2D eigenvalue weighted by molar-refractivity contribution is 5.74. The number of amides is 2. The average Bonchev–Trinajstić information content (AvgIpc) is 2.60. The Hall–Kier alpha value is -2.03. The number of carbonyl (C=O) groups is 1. The van der Waals surface area contributed by atoms with E-state index in [-0.39, 0.29) is 18.6 Å². The van der Waals surface area contributed by atoms with E-state index in [1.165, 1.54) is 0 Å². The summed E-state index contributed by atoms with van der Waals surface area (Å²) in [5.74, 6) is 2.77. The molecule has 1 aliphatic rings. The molecule has 1 heterocycles. The summed E-state index contributed by atoms with van der Waals surface area (Å²) in [5.41, 5.74) is 1.14. The molecule has 0 aromatic heterocycles. The molecule has 2 rings (SSSR count). The Morgan fingerprint density at radius 3 is 2.57 bits per heavy atom. The topological polar surface area (TPSA) is 55.8 Å². The van der Waals surface area contributed by atoms with Crippen molar-refractivity contribution in [2.24, 2.45) is 0 Å². The van der Waals surface area contributed by atoms with E-state index in [1.54, 1.807) is 0 Å². The van der Waals surface area contributed by atoms with Gasteiger partial charge in [-0.25, -0.2) is 4.79 Å². The summed E-state index contributed by atoms with van der Waals surface area (Å²) in [5, 5.41) is 12.2. The van der Waals surface area contributed by atoms with E-state index in [1.807, 2.05) is 35.2 Å². The van der Waals surface area contributed by atoms with Gasteiger partial charge < -0.3 is 15.3 Å². The van der Waals surface area contributed by atoms with Crippen molar-refractivity contribution >= 4 is 6.03 Å². The number of terminal acetylenes is 1. The predicted molar refractivity (Wildman–Crippen MR) is 91.1 cm³/mol. The number of rotatable bonds is 6. The van der Waals surface area contributed by atoms with Crippen LogP contribution < -0.4 is 5.32 Å². The maximum absolute atomic E-state index is 12.3. The van der Waals surface area contributed by atoms with E-state index >= 15 is 0 Å². The minimum absolute atomic E-state index is 0.0378. The maximum atomic E-state index is 12.3. The van der Waals surface area contributed by atoms with Crippen molar-refractivity contribution in [3.05, 3.63) is 35.9 Å². The molecule has 0 aliphatic carbocycles. The van der Waals surface area contributed by atoms with E-state index in [2.05, 4.69) is 16.1 Å². The lowest BCUT2D eigenvalue weighted by molar-refractivity contribution is 0.147. The van der Waals surface area contributed by atoms with Crippen molar-refractivity contribution in [1.29, 1.82) is 0 Å². The van der Waals surface area contributed by atoms with Gasteiger partial charge in [-0.1, -0.05) is 36.3 Å². The van der Waals surface area contributed by atoms with E-state index in [4.69, 9.17) is 6.42 Å². The molecule has 1 saturated heterocycles. The lowest BCUT2D eigenvalue weighted by Crippen LogP contribution is -2.52. The summed E-state index contributed by atoms with van der Waals surface area (Å²) in [4.78, 5) is 16.3. The molecule has 5 heteroatoms. The van der Waals surface area contributed by atoms with Crippen LogP contribution in [0.15, 0.2) is 30.3 Å². The van der Waals surface area contributed by atoms with Crippen LogP contribution in [0.3, 0.4) is 0 Å². The summed E-state index contributed by atoms with van der Waals surface area (Å²) in [7, 11) is 0. The molecule has 2 N–H and O–H groups in total. The quantitative estimate of drug-likeness (QED) is 0.773. The van der Waals surface area contributed by atoms with Gasteiger partial charge in [0.1, 0.15) is 0 Å². The summed E-state index contributed by atoms with van der Waals surface area (Å²) >= 11 is 0. The summed E-state index contributed by atoms with van der Waals surface area (Å²) < 4.78 is 0. The van der Waals surface area contributed by atoms with Crippen LogP contribution in [0.2, 0.25) is 0 Å². The first kappa shape index (κ1) is 17.3. The van der Waals surface area contributed by atoms with Crippen LogP contribution in [-0.2, 0) is 0 Å². The second-order valence-electron chi connectivity index (χ2n) is 5.77. The van der Waals surface area contributed by atoms with Crippen LogP contribution in [0.1, 0.15) is 17.9 Å². The lowest BCUT2D eigenvalue weighted by Gasteiger charge is -2.34. The van der Waals surface area contributed by atoms with Crippen molar-refractivity contribution in [2.75, 3.05) is 45.9 Å². The Kier molecular flexibility index (Phi) is 6.92. The van der Waals surface area contributed by atoms with Crippen molar-refractivity contribution < 1.29 is 9.90 Å². The minimum atomic E-state index is -0.0378. The van der Waals surface area contributed by atoms with Gasteiger partial charge in [-0.3, -0.25) is 4.90 Å². The van der Waals surface area contributed by atoms with E-state index in [0.29, 0.717) is 32.6 Å². The summed E-state index contributed by atoms with van der Waals surface area (Å²) in [6.07, 6.45) is 5.95. The van der Waals surface area contributed by atoms with Gasteiger partial charge in [0, 0.05) is 45.2 Å². The fourth-order valence-electron chi connectivity index (χ4n) is 2.83. The zero-order chi connectivity index (χ0) is 16.5. The third kappa shape index (κ3) is 5.27. The molecule has 1 fully saturated rings. The maximum Gasteiger partial charge on any atom is 0.317 e. The zero-order valence-corrected chi connectivity index (χ0v) is 13.4. The Balaban J connectivity index is 1.82. The van der Waals surface area contributed by atoms with Crippen LogP contribution in [0, 0.1) is 12.3 Å². The minimum Gasteiger partial charge on any atom is -0.396 e. The highest BCUT2D eigenvalue weighted by Gasteiger charge is 2.21. The number of nitrogens with one attached hydrogen (secondary N) is 1. The number of carbonyl (C=O) groups excluding carboxylic acids is 1. The van der Waals surface area contributed by atoms with Gasteiger partial charge in [0.15, 0.2) is 0 Å². The van der Waals surface area contributed by atoms with Crippen molar-refractivity contribution in [3.63, 3.8) is 0 Å². The summed E-state index contributed by atoms with van der Waals surface area (Å²) in [6.45, 7) is 4.32. The monoisotopic (exact) mass is 315 g/mol. The van der Waals surface area contributed by atoms with E-state index in [9.17, 15) is 9.90 Å². The smallest absolute Gasteiger partial charge is 0.317 e. The van der Waals surface area contributed by atoms with Gasteiger partial charge in [-0.2, -0.15) is 0 Å². The van der Waals surface area contributed by atoms with Crippen LogP contribution in [0.5, 0.6) is 0 Å². The molecule has 1 aliphatic heterocycles. The molecule has 1 atom stereocenters. The first-order valence-electron chi connectivity index (χ1n) is 8.09. The number of aliphatic hydroxyl groups excluding tert-OH is 1. The molecule has 2 amide bonds. The SMILES string of the molecule is C#CCN1CCN(C(=O)NCC(CCO)c2ccccc2)CC1. The first-order chi connectivity index (χ1) is 11.2. The molecule has 1 aromatic rings. The van der Waals surface area contributed by atoms with Crippen molar-refractivity contribution in [2.45, 2.75) is 12.3 Å². The highest BCUT2D eigenvalue weighted by Crippen LogP contribution is 2.18. The fourth-order valence-corrected chi connectivity index (χ4v) is 2.83. The molecule has 0 radical (unpaired) electrons. The Labute approximate surface area is 138 Å². The molecular weight excluding hydrogens is 290 g/mol. The number of hydrogen-bond donors (Lipinski definition) is 2. The van der Waals surface area contributed by atoms with Crippen molar-refractivity contribution in [1.82, 2.24) is 15.1 Å². The molecule has 0 bridgehead atoms. The lowest BCUT2D eigenvalue weighted by atomic mass is 9.96. The molecule has 1 aromatic carbocycles. The number of piperazine rings is 1. The molecule has 1 unspecified atom stereocenters. The van der Waals surface area contributed by atoms with Gasteiger partial charge >= 0.3 is 6.03 Å². The Bertz CT molecular complexity index is 519. The normalized spacial score (nSPS) is 16.6. The van der Waals surface area contributed by atoms with Gasteiger partial charge in [0.05, 0.1) is 6.54 Å². The number of urea groups is 1. The van der Waals surface area contributed by atoms with Crippen LogP contribution >= 0.6 is 0 Å². The van der Waals surface area contributed by atoms with Crippen LogP contribution in [0.4, 0.5) is 4.79 Å². The summed E-state index contributed by atoms with van der Waals surface area (Å²) in [6, 6.07) is 9.95. The number of hydrogen-bond acceptors (Lipinski definition) is 3. The van der Waals surface area contributed by atoms with Gasteiger partial charge in [-0.05, 0) is 12.0 Å².